The van der Waals surface area contributed by atoms with Crippen LogP contribution in [-0.4, -0.2) is 25.2 Å². The smallest absolute Gasteiger partial charge is 0.311 e. The summed E-state index contributed by atoms with van der Waals surface area (Å²) in [6.45, 7) is 3.65. The zero-order chi connectivity index (χ0) is 9.52. The molecule has 0 unspecified atom stereocenters. The second kappa shape index (κ2) is 5.97. The van der Waals surface area contributed by atoms with E-state index in [1.807, 2.05) is 0 Å². The molecule has 0 aromatic carbocycles. The summed E-state index contributed by atoms with van der Waals surface area (Å²) in [5.74, 6) is -0.173. The van der Waals surface area contributed by atoms with Crippen LogP contribution >= 0.6 is 0 Å². The molecule has 0 spiro atoms. The number of carbonyl (C=O) groups excluding carboxylic acids is 1. The average Bonchev–Trinajstić information content (AvgIpc) is 2.57. The summed E-state index contributed by atoms with van der Waals surface area (Å²) in [5, 5.41) is 3.22. The lowest BCUT2D eigenvalue weighted by atomic mass is 10.2. The summed E-state index contributed by atoms with van der Waals surface area (Å²) >= 11 is 0. The molecule has 1 atom stereocenters. The maximum atomic E-state index is 11.2. The first kappa shape index (κ1) is 10.5. The van der Waals surface area contributed by atoms with E-state index in [1.54, 1.807) is 6.42 Å². The monoisotopic (exact) mass is 184 g/mol. The van der Waals surface area contributed by atoms with E-state index in [2.05, 4.69) is 12.2 Å². The molecule has 1 N–H and O–H groups in total. The molecular formula is C10H18NO2. The molecule has 1 rings (SSSR count). The first-order valence-corrected chi connectivity index (χ1v) is 5.08. The minimum absolute atomic E-state index is 0.173. The summed E-state index contributed by atoms with van der Waals surface area (Å²) in [5.41, 5.74) is 0. The number of esters is 1. The van der Waals surface area contributed by atoms with Crippen LogP contribution in [0.4, 0.5) is 0 Å². The highest BCUT2D eigenvalue weighted by molar-refractivity contribution is 5.79. The van der Waals surface area contributed by atoms with Gasteiger partial charge in [-0.2, -0.15) is 0 Å². The van der Waals surface area contributed by atoms with Gasteiger partial charge >= 0.3 is 5.97 Å². The second-order valence-corrected chi connectivity index (χ2v) is 3.39. The molecule has 1 aliphatic rings. The first-order chi connectivity index (χ1) is 6.33. The van der Waals surface area contributed by atoms with Gasteiger partial charge in [-0.1, -0.05) is 13.3 Å². The number of nitrogens with one attached hydrogen (secondary N) is 1. The van der Waals surface area contributed by atoms with Crippen LogP contribution in [0.1, 0.15) is 32.6 Å². The molecule has 75 valence electrons. The Hall–Kier alpha value is -0.570. The van der Waals surface area contributed by atoms with Crippen molar-refractivity contribution in [2.45, 2.75) is 38.6 Å². The topological polar surface area (TPSA) is 38.3 Å². The van der Waals surface area contributed by atoms with E-state index >= 15 is 0 Å². The van der Waals surface area contributed by atoms with Crippen LogP contribution in [0.3, 0.4) is 0 Å². The van der Waals surface area contributed by atoms with E-state index in [4.69, 9.17) is 4.74 Å². The molecular weight excluding hydrogens is 166 g/mol. The van der Waals surface area contributed by atoms with Crippen molar-refractivity contribution in [1.82, 2.24) is 5.32 Å². The summed E-state index contributed by atoms with van der Waals surface area (Å²) in [6, 6.07) is 0.245. The fourth-order valence-corrected chi connectivity index (χ4v) is 1.38. The van der Waals surface area contributed by atoms with Gasteiger partial charge in [-0.05, 0) is 25.8 Å². The lowest BCUT2D eigenvalue weighted by Gasteiger charge is -2.08. The zero-order valence-electron chi connectivity index (χ0n) is 8.21. The largest absolute Gasteiger partial charge is 0.465 e. The Bertz CT molecular complexity index is 153. The van der Waals surface area contributed by atoms with Crippen LogP contribution in [0.25, 0.3) is 0 Å². The molecule has 0 amide bonds. The van der Waals surface area contributed by atoms with Crippen molar-refractivity contribution in [3.8, 4) is 0 Å². The number of carbonyl (C=O) groups is 1. The lowest BCUT2D eigenvalue weighted by Crippen LogP contribution is -2.26. The highest BCUT2D eigenvalue weighted by atomic mass is 16.5. The maximum Gasteiger partial charge on any atom is 0.311 e. The van der Waals surface area contributed by atoms with E-state index in [-0.39, 0.29) is 12.0 Å². The third-order valence-electron chi connectivity index (χ3n) is 2.18. The second-order valence-electron chi connectivity index (χ2n) is 3.39. The van der Waals surface area contributed by atoms with E-state index in [0.717, 1.165) is 32.2 Å². The number of rotatable bonds is 5. The summed E-state index contributed by atoms with van der Waals surface area (Å²) in [4.78, 5) is 11.2. The quantitative estimate of drug-likeness (QED) is 0.517. The van der Waals surface area contributed by atoms with E-state index in [9.17, 15) is 4.79 Å². The highest BCUT2D eigenvalue weighted by Crippen LogP contribution is 2.08. The van der Waals surface area contributed by atoms with Crippen molar-refractivity contribution in [1.29, 1.82) is 0 Å². The summed E-state index contributed by atoms with van der Waals surface area (Å²) in [7, 11) is 0. The molecule has 0 aliphatic carbocycles. The van der Waals surface area contributed by atoms with Crippen LogP contribution in [0, 0.1) is 6.42 Å². The van der Waals surface area contributed by atoms with Crippen LogP contribution in [0.5, 0.6) is 0 Å². The standard InChI is InChI=1S/C10H18NO2/c1-2-3-7-13-10(12)8-9-5-4-6-11-9/h8-9,11H,2-7H2,1H3/t9-/m0/s1. The van der Waals surface area contributed by atoms with Gasteiger partial charge < -0.3 is 10.1 Å². The van der Waals surface area contributed by atoms with E-state index in [1.165, 1.54) is 0 Å². The van der Waals surface area contributed by atoms with Gasteiger partial charge in [0.25, 0.3) is 0 Å². The van der Waals surface area contributed by atoms with Crippen molar-refractivity contribution >= 4 is 5.97 Å². The molecule has 1 radical (unpaired) electrons. The highest BCUT2D eigenvalue weighted by Gasteiger charge is 2.18. The van der Waals surface area contributed by atoms with E-state index < -0.39 is 0 Å². The van der Waals surface area contributed by atoms with Crippen molar-refractivity contribution in [3.63, 3.8) is 0 Å². The average molecular weight is 184 g/mol. The predicted molar refractivity (Wildman–Crippen MR) is 51.2 cm³/mol. The molecule has 1 aliphatic heterocycles. The van der Waals surface area contributed by atoms with E-state index in [0.29, 0.717) is 6.61 Å². The summed E-state index contributed by atoms with van der Waals surface area (Å²) < 4.78 is 5.01. The van der Waals surface area contributed by atoms with Gasteiger partial charge in [0, 0.05) is 6.04 Å². The normalized spacial score (nSPS) is 21.8. The van der Waals surface area contributed by atoms with Crippen molar-refractivity contribution in [2.75, 3.05) is 13.2 Å². The van der Waals surface area contributed by atoms with Gasteiger partial charge in [-0.15, -0.1) is 0 Å². The minimum atomic E-state index is -0.173. The third kappa shape index (κ3) is 4.27. The SMILES string of the molecule is CCCCOC(=O)[CH][C@@H]1CCCN1. The van der Waals surface area contributed by atoms with Crippen LogP contribution in [0.15, 0.2) is 0 Å². The van der Waals surface area contributed by atoms with Crippen molar-refractivity contribution in [3.05, 3.63) is 6.42 Å². The Labute approximate surface area is 79.8 Å². The summed E-state index contributed by atoms with van der Waals surface area (Å²) in [6.07, 6.45) is 5.89. The van der Waals surface area contributed by atoms with Crippen molar-refractivity contribution in [2.24, 2.45) is 0 Å². The maximum absolute atomic E-state index is 11.2. The number of hydrogen-bond donors (Lipinski definition) is 1. The van der Waals surface area contributed by atoms with Gasteiger partial charge in [0.15, 0.2) is 0 Å². The van der Waals surface area contributed by atoms with Gasteiger partial charge in [-0.3, -0.25) is 4.79 Å². The van der Waals surface area contributed by atoms with Gasteiger partial charge in [0.05, 0.1) is 13.0 Å². The van der Waals surface area contributed by atoms with Crippen LogP contribution in [-0.2, 0) is 9.53 Å². The number of unbranched alkanes of at least 4 members (excludes halogenated alkanes) is 1. The molecule has 1 saturated heterocycles. The van der Waals surface area contributed by atoms with Crippen LogP contribution in [0.2, 0.25) is 0 Å². The predicted octanol–water partition coefficient (Wildman–Crippen LogP) is 1.29. The Morgan fingerprint density at radius 1 is 1.69 bits per heavy atom. The first-order valence-electron chi connectivity index (χ1n) is 5.08. The number of hydrogen-bond acceptors (Lipinski definition) is 3. The molecule has 3 nitrogen and oxygen atoms in total. The molecule has 1 heterocycles. The van der Waals surface area contributed by atoms with Crippen molar-refractivity contribution < 1.29 is 9.53 Å². The van der Waals surface area contributed by atoms with Gasteiger partial charge in [0.1, 0.15) is 0 Å². The Kier molecular flexibility index (Phi) is 4.83. The fraction of sp³-hybridized carbons (Fsp3) is 0.800. The zero-order valence-corrected chi connectivity index (χ0v) is 8.21. The van der Waals surface area contributed by atoms with Crippen LogP contribution < -0.4 is 5.32 Å². The Morgan fingerprint density at radius 2 is 2.54 bits per heavy atom. The lowest BCUT2D eigenvalue weighted by molar-refractivity contribution is -0.140. The molecule has 0 saturated carbocycles. The fourth-order valence-electron chi connectivity index (χ4n) is 1.38. The van der Waals surface area contributed by atoms with Gasteiger partial charge in [-0.25, -0.2) is 0 Å². The van der Waals surface area contributed by atoms with Gasteiger partial charge in [0.2, 0.25) is 0 Å². The number of ether oxygens (including phenoxy) is 1. The minimum Gasteiger partial charge on any atom is -0.465 e. The Balaban J connectivity index is 2.02. The molecule has 3 heteroatoms. The molecule has 0 aromatic heterocycles. The molecule has 13 heavy (non-hydrogen) atoms. The molecule has 1 fully saturated rings. The molecule has 0 bridgehead atoms. The molecule has 0 aromatic rings. The Morgan fingerprint density at radius 3 is 3.15 bits per heavy atom. The third-order valence-corrected chi connectivity index (χ3v) is 2.18.